The van der Waals surface area contributed by atoms with Crippen LogP contribution >= 0.6 is 0 Å². The lowest BCUT2D eigenvalue weighted by Gasteiger charge is -2.20. The smallest absolute Gasteiger partial charge is 0.340 e. The number of carbonyl (C=O) groups is 3. The summed E-state index contributed by atoms with van der Waals surface area (Å²) in [6.45, 7) is -0.336. The van der Waals surface area contributed by atoms with E-state index >= 15 is 0 Å². The standard InChI is InChI=1S/C26H22O8/c27-21-22(33-24(29)18-12-6-2-7-13-18)20(16-31-23(28)17-10-4-1-5-11-17)32-26(21)34-25(30)19-14-8-3-9-15-19/h1-15,20-22,26-27H,16H2/t20-,21?,22-,26-/m1/s1. The quantitative estimate of drug-likeness (QED) is 0.422. The summed E-state index contributed by atoms with van der Waals surface area (Å²) >= 11 is 0. The monoisotopic (exact) mass is 462 g/mol. The molecule has 0 amide bonds. The van der Waals surface area contributed by atoms with Gasteiger partial charge in [0.25, 0.3) is 0 Å². The van der Waals surface area contributed by atoms with Crippen molar-refractivity contribution in [3.05, 3.63) is 108 Å². The molecular formula is C26H22O8. The van der Waals surface area contributed by atoms with Crippen molar-refractivity contribution in [2.45, 2.75) is 24.6 Å². The molecule has 4 rings (SSSR count). The summed E-state index contributed by atoms with van der Waals surface area (Å²) in [5, 5.41) is 10.8. The molecule has 1 fully saturated rings. The third-order valence-corrected chi connectivity index (χ3v) is 5.16. The number of aliphatic hydroxyl groups is 1. The Bertz CT molecular complexity index is 1120. The van der Waals surface area contributed by atoms with E-state index in [-0.39, 0.29) is 17.7 Å². The summed E-state index contributed by atoms with van der Waals surface area (Å²) in [4.78, 5) is 37.4. The van der Waals surface area contributed by atoms with E-state index < -0.39 is 42.5 Å². The maximum atomic E-state index is 12.6. The average molecular weight is 462 g/mol. The molecule has 0 saturated carbocycles. The minimum Gasteiger partial charge on any atom is -0.459 e. The molecule has 3 aromatic rings. The van der Waals surface area contributed by atoms with Crippen LogP contribution in [0.25, 0.3) is 0 Å². The number of hydrogen-bond donors (Lipinski definition) is 1. The van der Waals surface area contributed by atoms with E-state index in [1.54, 1.807) is 91.0 Å². The summed E-state index contributed by atoms with van der Waals surface area (Å²) in [6, 6.07) is 24.7. The maximum Gasteiger partial charge on any atom is 0.340 e. The fraction of sp³-hybridized carbons (Fsp3) is 0.192. The maximum absolute atomic E-state index is 12.6. The lowest BCUT2D eigenvalue weighted by molar-refractivity contribution is -0.139. The van der Waals surface area contributed by atoms with Crippen molar-refractivity contribution < 1.29 is 38.4 Å². The Hall–Kier alpha value is -4.01. The van der Waals surface area contributed by atoms with E-state index in [0.29, 0.717) is 5.56 Å². The number of aliphatic hydroxyl groups excluding tert-OH is 1. The van der Waals surface area contributed by atoms with Crippen LogP contribution in [0.4, 0.5) is 0 Å². The minimum atomic E-state index is -1.50. The number of rotatable bonds is 7. The zero-order valence-electron chi connectivity index (χ0n) is 18.0. The highest BCUT2D eigenvalue weighted by molar-refractivity contribution is 5.90. The van der Waals surface area contributed by atoms with Gasteiger partial charge in [0.15, 0.2) is 12.2 Å². The first-order valence-electron chi connectivity index (χ1n) is 10.6. The number of hydrogen-bond acceptors (Lipinski definition) is 8. The molecule has 8 heteroatoms. The van der Waals surface area contributed by atoms with Gasteiger partial charge in [-0.3, -0.25) is 0 Å². The van der Waals surface area contributed by atoms with Crippen LogP contribution in [0, 0.1) is 0 Å². The highest BCUT2D eigenvalue weighted by atomic mass is 16.7. The van der Waals surface area contributed by atoms with Crippen molar-refractivity contribution in [1.82, 2.24) is 0 Å². The Morgan fingerprint density at radius 1 is 0.676 bits per heavy atom. The number of ether oxygens (including phenoxy) is 4. The second-order valence-corrected chi connectivity index (χ2v) is 7.51. The Morgan fingerprint density at radius 3 is 1.62 bits per heavy atom. The molecule has 4 atom stereocenters. The zero-order valence-corrected chi connectivity index (χ0v) is 18.0. The van der Waals surface area contributed by atoms with Crippen LogP contribution in [0.1, 0.15) is 31.1 Å². The minimum absolute atomic E-state index is 0.259. The molecule has 0 spiro atoms. The van der Waals surface area contributed by atoms with Gasteiger partial charge in [-0.1, -0.05) is 54.6 Å². The molecule has 8 nitrogen and oxygen atoms in total. The molecule has 0 aliphatic carbocycles. The highest BCUT2D eigenvalue weighted by Crippen LogP contribution is 2.27. The fourth-order valence-corrected chi connectivity index (χ4v) is 3.41. The van der Waals surface area contributed by atoms with Gasteiger partial charge in [0.05, 0.1) is 16.7 Å². The van der Waals surface area contributed by atoms with Gasteiger partial charge in [-0.25, -0.2) is 14.4 Å². The van der Waals surface area contributed by atoms with Gasteiger partial charge in [0.2, 0.25) is 6.29 Å². The molecule has 1 N–H and O–H groups in total. The summed E-state index contributed by atoms with van der Waals surface area (Å²) in [5.74, 6) is -2.04. The van der Waals surface area contributed by atoms with E-state index in [4.69, 9.17) is 18.9 Å². The first kappa shape index (κ1) is 23.2. The molecule has 1 aliphatic rings. The van der Waals surface area contributed by atoms with Gasteiger partial charge >= 0.3 is 17.9 Å². The first-order valence-corrected chi connectivity index (χ1v) is 10.6. The Balaban J connectivity index is 1.47. The van der Waals surface area contributed by atoms with Gasteiger partial charge in [0.1, 0.15) is 12.7 Å². The molecular weight excluding hydrogens is 440 g/mol. The molecule has 1 heterocycles. The van der Waals surface area contributed by atoms with Crippen molar-refractivity contribution in [3.8, 4) is 0 Å². The van der Waals surface area contributed by atoms with Crippen LogP contribution in [0.3, 0.4) is 0 Å². The van der Waals surface area contributed by atoms with E-state index in [2.05, 4.69) is 0 Å². The molecule has 0 radical (unpaired) electrons. The molecule has 3 aromatic carbocycles. The van der Waals surface area contributed by atoms with Gasteiger partial charge in [-0.05, 0) is 36.4 Å². The average Bonchev–Trinajstić information content (AvgIpc) is 3.17. The molecule has 0 aromatic heterocycles. The van der Waals surface area contributed by atoms with E-state index in [1.807, 2.05) is 0 Å². The number of esters is 3. The Kier molecular flexibility index (Phi) is 7.31. The van der Waals surface area contributed by atoms with Crippen LogP contribution in [-0.2, 0) is 18.9 Å². The van der Waals surface area contributed by atoms with Crippen molar-refractivity contribution >= 4 is 17.9 Å². The molecule has 1 saturated heterocycles. The van der Waals surface area contributed by atoms with Crippen LogP contribution < -0.4 is 0 Å². The highest BCUT2D eigenvalue weighted by Gasteiger charge is 2.49. The predicted octanol–water partition coefficient (Wildman–Crippen LogP) is 3.01. The zero-order chi connectivity index (χ0) is 23.9. The van der Waals surface area contributed by atoms with Crippen molar-refractivity contribution in [2.24, 2.45) is 0 Å². The van der Waals surface area contributed by atoms with Crippen molar-refractivity contribution in [1.29, 1.82) is 0 Å². The third-order valence-electron chi connectivity index (χ3n) is 5.16. The molecule has 34 heavy (non-hydrogen) atoms. The van der Waals surface area contributed by atoms with Crippen molar-refractivity contribution in [2.75, 3.05) is 6.61 Å². The van der Waals surface area contributed by atoms with Gasteiger partial charge in [-0.2, -0.15) is 0 Å². The molecule has 0 bridgehead atoms. The fourth-order valence-electron chi connectivity index (χ4n) is 3.41. The normalized spacial score (nSPS) is 21.4. The summed E-state index contributed by atoms with van der Waals surface area (Å²) in [7, 11) is 0. The van der Waals surface area contributed by atoms with Gasteiger partial charge in [0, 0.05) is 0 Å². The van der Waals surface area contributed by atoms with Crippen LogP contribution in [0.15, 0.2) is 91.0 Å². The van der Waals surface area contributed by atoms with Crippen molar-refractivity contribution in [3.63, 3.8) is 0 Å². The summed E-state index contributed by atoms with van der Waals surface area (Å²) in [5.41, 5.74) is 0.848. The Labute approximate surface area is 195 Å². The lowest BCUT2D eigenvalue weighted by Crippen LogP contribution is -2.40. The van der Waals surface area contributed by atoms with Gasteiger partial charge in [-0.15, -0.1) is 0 Å². The molecule has 174 valence electrons. The number of benzene rings is 3. The predicted molar refractivity (Wildman–Crippen MR) is 119 cm³/mol. The van der Waals surface area contributed by atoms with E-state index in [1.165, 1.54) is 0 Å². The Morgan fingerprint density at radius 2 is 1.12 bits per heavy atom. The second kappa shape index (κ2) is 10.7. The molecule has 1 aliphatic heterocycles. The number of carbonyl (C=O) groups excluding carboxylic acids is 3. The second-order valence-electron chi connectivity index (χ2n) is 7.51. The largest absolute Gasteiger partial charge is 0.459 e. The topological polar surface area (TPSA) is 108 Å². The SMILES string of the molecule is O=C(OC[C@H]1O[C@H](OC(=O)c2ccccc2)C(O)[C@@H]1OC(=O)c1ccccc1)c1ccccc1. The van der Waals surface area contributed by atoms with Gasteiger partial charge < -0.3 is 24.1 Å². The summed E-state index contributed by atoms with van der Waals surface area (Å²) < 4.78 is 21.8. The van der Waals surface area contributed by atoms with Crippen LogP contribution in [-0.4, -0.2) is 54.2 Å². The summed E-state index contributed by atoms with van der Waals surface area (Å²) in [6.07, 6.45) is -5.24. The van der Waals surface area contributed by atoms with Crippen LogP contribution in [0.2, 0.25) is 0 Å². The first-order chi connectivity index (χ1) is 16.5. The lowest BCUT2D eigenvalue weighted by atomic mass is 10.1. The van der Waals surface area contributed by atoms with E-state index in [0.717, 1.165) is 0 Å². The third kappa shape index (κ3) is 5.48. The van der Waals surface area contributed by atoms with E-state index in [9.17, 15) is 19.5 Å². The molecule has 1 unspecified atom stereocenters. The van der Waals surface area contributed by atoms with Crippen LogP contribution in [0.5, 0.6) is 0 Å².